The van der Waals surface area contributed by atoms with Gasteiger partial charge in [0.1, 0.15) is 5.82 Å². The van der Waals surface area contributed by atoms with E-state index in [4.69, 9.17) is 0 Å². The maximum Gasteiger partial charge on any atom is 0.191 e. The van der Waals surface area contributed by atoms with Gasteiger partial charge in [0.05, 0.1) is 5.69 Å². The highest BCUT2D eigenvalue weighted by molar-refractivity contribution is 8.00. The zero-order valence-electron chi connectivity index (χ0n) is 16.3. The topological polar surface area (TPSA) is 42.9 Å². The van der Waals surface area contributed by atoms with E-state index in [1.165, 1.54) is 18.6 Å². The van der Waals surface area contributed by atoms with E-state index >= 15 is 0 Å². The van der Waals surface area contributed by atoms with E-state index in [0.29, 0.717) is 0 Å². The van der Waals surface area contributed by atoms with Crippen molar-refractivity contribution in [3.05, 3.63) is 30.1 Å². The molecule has 2 aliphatic heterocycles. The van der Waals surface area contributed by atoms with Crippen molar-refractivity contribution in [2.75, 3.05) is 63.5 Å². The number of anilines is 1. The van der Waals surface area contributed by atoms with Gasteiger partial charge in [-0.15, -0.1) is 0 Å². The molecule has 1 atom stereocenters. The maximum absolute atomic E-state index is 13.9. The molecule has 0 saturated carbocycles. The Morgan fingerprint density at radius 3 is 2.74 bits per heavy atom. The molecule has 2 N–H and O–H groups in total. The fourth-order valence-electron chi connectivity index (χ4n) is 3.67. The molecule has 0 aliphatic carbocycles. The SMILES string of the molecule is CN=C(NCCCN1CCN(c2ccccc2F)CC1)NCC1CCCS1. The highest BCUT2D eigenvalue weighted by atomic mass is 32.2. The van der Waals surface area contributed by atoms with Crippen molar-refractivity contribution in [1.29, 1.82) is 0 Å². The monoisotopic (exact) mass is 393 g/mol. The summed E-state index contributed by atoms with van der Waals surface area (Å²) >= 11 is 2.06. The Morgan fingerprint density at radius 2 is 2.04 bits per heavy atom. The molecule has 7 heteroatoms. The van der Waals surface area contributed by atoms with E-state index in [2.05, 4.69) is 37.2 Å². The number of benzene rings is 1. The Kier molecular flexibility index (Phi) is 8.08. The van der Waals surface area contributed by atoms with E-state index in [-0.39, 0.29) is 5.82 Å². The molecule has 1 aromatic carbocycles. The van der Waals surface area contributed by atoms with Crippen molar-refractivity contribution in [3.63, 3.8) is 0 Å². The van der Waals surface area contributed by atoms with E-state index in [9.17, 15) is 4.39 Å². The molecule has 0 spiro atoms. The van der Waals surface area contributed by atoms with Crippen LogP contribution < -0.4 is 15.5 Å². The number of nitrogens with zero attached hydrogens (tertiary/aromatic N) is 3. The number of piperazine rings is 1. The van der Waals surface area contributed by atoms with E-state index in [1.807, 2.05) is 19.2 Å². The summed E-state index contributed by atoms with van der Waals surface area (Å²) in [6.45, 7) is 6.73. The van der Waals surface area contributed by atoms with Crippen molar-refractivity contribution in [2.24, 2.45) is 4.99 Å². The maximum atomic E-state index is 13.9. The first-order valence-corrected chi connectivity index (χ1v) is 11.1. The highest BCUT2D eigenvalue weighted by Gasteiger charge is 2.19. The molecule has 27 heavy (non-hydrogen) atoms. The summed E-state index contributed by atoms with van der Waals surface area (Å²) in [5.74, 6) is 2.08. The summed E-state index contributed by atoms with van der Waals surface area (Å²) in [4.78, 5) is 8.93. The number of hydrogen-bond donors (Lipinski definition) is 2. The van der Waals surface area contributed by atoms with Gasteiger partial charge in [0.25, 0.3) is 0 Å². The first-order chi connectivity index (χ1) is 13.3. The zero-order valence-corrected chi connectivity index (χ0v) is 17.1. The van der Waals surface area contributed by atoms with Crippen molar-refractivity contribution >= 4 is 23.4 Å². The molecule has 0 amide bonds. The molecular weight excluding hydrogens is 361 g/mol. The molecular formula is C20H32FN5S. The predicted molar refractivity (Wildman–Crippen MR) is 115 cm³/mol. The van der Waals surface area contributed by atoms with Crippen molar-refractivity contribution in [3.8, 4) is 0 Å². The smallest absolute Gasteiger partial charge is 0.191 e. The molecule has 150 valence electrons. The van der Waals surface area contributed by atoms with Crippen LogP contribution in [-0.4, -0.2) is 74.7 Å². The Hall–Kier alpha value is -1.47. The second-order valence-corrected chi connectivity index (χ2v) is 8.56. The first-order valence-electron chi connectivity index (χ1n) is 10.0. The number of thioether (sulfide) groups is 1. The lowest BCUT2D eigenvalue weighted by atomic mass is 10.2. The van der Waals surface area contributed by atoms with Crippen LogP contribution in [0.25, 0.3) is 0 Å². The molecule has 2 heterocycles. The van der Waals surface area contributed by atoms with Crippen molar-refractivity contribution in [2.45, 2.75) is 24.5 Å². The molecule has 0 radical (unpaired) electrons. The average molecular weight is 394 g/mol. The Bertz CT molecular complexity index is 598. The minimum atomic E-state index is -0.120. The van der Waals surface area contributed by atoms with Gasteiger partial charge in [-0.2, -0.15) is 11.8 Å². The third-order valence-electron chi connectivity index (χ3n) is 5.25. The molecule has 3 rings (SSSR count). The number of hydrogen-bond acceptors (Lipinski definition) is 4. The van der Waals surface area contributed by atoms with Gasteiger partial charge in [0, 0.05) is 51.6 Å². The normalized spacial score (nSPS) is 21.5. The molecule has 5 nitrogen and oxygen atoms in total. The third-order valence-corrected chi connectivity index (χ3v) is 6.65. The summed E-state index contributed by atoms with van der Waals surface area (Å²) in [5, 5.41) is 7.59. The summed E-state index contributed by atoms with van der Waals surface area (Å²) in [6.07, 6.45) is 3.74. The lowest BCUT2D eigenvalue weighted by molar-refractivity contribution is 0.254. The summed E-state index contributed by atoms with van der Waals surface area (Å²) in [6, 6.07) is 7.07. The van der Waals surface area contributed by atoms with Crippen LogP contribution in [0.2, 0.25) is 0 Å². The predicted octanol–water partition coefficient (Wildman–Crippen LogP) is 2.40. The molecule has 1 aromatic rings. The van der Waals surface area contributed by atoms with E-state index < -0.39 is 0 Å². The Labute approximate surface area is 166 Å². The van der Waals surface area contributed by atoms with Gasteiger partial charge >= 0.3 is 0 Å². The van der Waals surface area contributed by atoms with Crippen LogP contribution in [0.1, 0.15) is 19.3 Å². The van der Waals surface area contributed by atoms with Crippen LogP contribution >= 0.6 is 11.8 Å². The largest absolute Gasteiger partial charge is 0.367 e. The zero-order chi connectivity index (χ0) is 18.9. The van der Waals surface area contributed by atoms with Gasteiger partial charge in [-0.05, 0) is 43.7 Å². The first kappa shape index (κ1) is 20.3. The van der Waals surface area contributed by atoms with Crippen molar-refractivity contribution < 1.29 is 4.39 Å². The van der Waals surface area contributed by atoms with Gasteiger partial charge in [0.2, 0.25) is 0 Å². The molecule has 0 bridgehead atoms. The molecule has 2 saturated heterocycles. The van der Waals surface area contributed by atoms with Gasteiger partial charge in [-0.3, -0.25) is 9.89 Å². The molecule has 1 unspecified atom stereocenters. The minimum Gasteiger partial charge on any atom is -0.367 e. The molecule has 2 aliphatic rings. The lowest BCUT2D eigenvalue weighted by Crippen LogP contribution is -2.47. The highest BCUT2D eigenvalue weighted by Crippen LogP contribution is 2.25. The lowest BCUT2D eigenvalue weighted by Gasteiger charge is -2.36. The van der Waals surface area contributed by atoms with Crippen LogP contribution in [0.4, 0.5) is 10.1 Å². The summed E-state index contributed by atoms with van der Waals surface area (Å²) in [7, 11) is 1.83. The molecule has 2 fully saturated rings. The van der Waals surface area contributed by atoms with Crippen LogP contribution in [0.3, 0.4) is 0 Å². The average Bonchev–Trinajstić information content (AvgIpc) is 3.22. The van der Waals surface area contributed by atoms with E-state index in [0.717, 1.165) is 69.1 Å². The van der Waals surface area contributed by atoms with Gasteiger partial charge in [-0.1, -0.05) is 12.1 Å². The van der Waals surface area contributed by atoms with Gasteiger partial charge in [0.15, 0.2) is 5.96 Å². The van der Waals surface area contributed by atoms with Crippen LogP contribution in [0.15, 0.2) is 29.3 Å². The number of rotatable bonds is 7. The fourth-order valence-corrected chi connectivity index (χ4v) is 4.87. The van der Waals surface area contributed by atoms with Crippen LogP contribution in [-0.2, 0) is 0 Å². The number of nitrogens with one attached hydrogen (secondary N) is 2. The standard InChI is InChI=1S/C20H32FN5S/c1-22-20(24-16-17-6-4-15-27-17)23-9-5-10-25-11-13-26(14-12-25)19-8-3-2-7-18(19)21/h2-3,7-8,17H,4-6,9-16H2,1H3,(H2,22,23,24). The second-order valence-electron chi connectivity index (χ2n) is 7.15. The quantitative estimate of drug-likeness (QED) is 0.423. The number of guanidine groups is 1. The molecule has 0 aromatic heterocycles. The van der Waals surface area contributed by atoms with Crippen molar-refractivity contribution in [1.82, 2.24) is 15.5 Å². The van der Waals surface area contributed by atoms with Gasteiger partial charge in [-0.25, -0.2) is 4.39 Å². The van der Waals surface area contributed by atoms with E-state index in [1.54, 1.807) is 12.1 Å². The van der Waals surface area contributed by atoms with Crippen LogP contribution in [0, 0.1) is 5.82 Å². The summed E-state index contributed by atoms with van der Waals surface area (Å²) in [5.41, 5.74) is 0.731. The Morgan fingerprint density at radius 1 is 1.22 bits per heavy atom. The summed E-state index contributed by atoms with van der Waals surface area (Å²) < 4.78 is 13.9. The minimum absolute atomic E-state index is 0.120. The Balaban J connectivity index is 1.29. The number of para-hydroxylation sites is 1. The van der Waals surface area contributed by atoms with Gasteiger partial charge < -0.3 is 15.5 Å². The number of halogens is 1. The number of aliphatic imine (C=N–C) groups is 1. The fraction of sp³-hybridized carbons (Fsp3) is 0.650. The third kappa shape index (κ3) is 6.28. The van der Waals surface area contributed by atoms with Crippen LogP contribution in [0.5, 0.6) is 0 Å². The second kappa shape index (κ2) is 10.8.